The average molecular weight is 490 g/mol. The molecule has 2 aromatic rings. The molecule has 190 valence electrons. The first-order valence-corrected chi connectivity index (χ1v) is 11.8. The first-order valence-electron chi connectivity index (χ1n) is 11.8. The number of aromatic carboxylic acids is 1. The van der Waals surface area contributed by atoms with E-state index in [0.29, 0.717) is 25.0 Å². The number of amides is 1. The van der Waals surface area contributed by atoms with Gasteiger partial charge in [0.1, 0.15) is 16.9 Å². The number of nitrogens with one attached hydrogen (secondary N) is 1. The highest BCUT2D eigenvalue weighted by molar-refractivity contribution is 5.97. The van der Waals surface area contributed by atoms with E-state index >= 15 is 4.39 Å². The highest BCUT2D eigenvalue weighted by Gasteiger charge is 2.35. The number of alkyl carbamates (subject to hydrolysis) is 1. The molecule has 0 spiro atoms. The molecule has 9 nitrogen and oxygen atoms in total. The van der Waals surface area contributed by atoms with Crippen molar-refractivity contribution in [3.63, 3.8) is 0 Å². The Morgan fingerprint density at radius 1 is 1.26 bits per heavy atom. The van der Waals surface area contributed by atoms with E-state index in [1.54, 1.807) is 25.3 Å². The minimum absolute atomic E-state index is 0.00870. The van der Waals surface area contributed by atoms with Gasteiger partial charge in [0.15, 0.2) is 11.6 Å². The van der Waals surface area contributed by atoms with Gasteiger partial charge in [0.05, 0.1) is 18.0 Å². The summed E-state index contributed by atoms with van der Waals surface area (Å²) in [4.78, 5) is 38.6. The molecule has 2 aliphatic rings. The fraction of sp³-hybridized carbons (Fsp3) is 0.560. The predicted molar refractivity (Wildman–Crippen MR) is 129 cm³/mol. The number of carboxylic acids is 1. The molecule has 1 unspecified atom stereocenters. The molecule has 10 heteroatoms. The molecular formula is C25H32FN3O6. The Labute approximate surface area is 202 Å². The van der Waals surface area contributed by atoms with Gasteiger partial charge in [-0.15, -0.1) is 0 Å². The minimum Gasteiger partial charge on any atom is -0.492 e. The zero-order chi connectivity index (χ0) is 25.7. The Morgan fingerprint density at radius 3 is 2.51 bits per heavy atom. The van der Waals surface area contributed by atoms with Crippen molar-refractivity contribution < 1.29 is 28.6 Å². The van der Waals surface area contributed by atoms with Crippen LogP contribution in [0.1, 0.15) is 63.4 Å². The van der Waals surface area contributed by atoms with Gasteiger partial charge < -0.3 is 29.4 Å². The summed E-state index contributed by atoms with van der Waals surface area (Å²) in [5.74, 6) is -1.73. The van der Waals surface area contributed by atoms with E-state index in [-0.39, 0.29) is 40.4 Å². The molecule has 2 N–H and O–H groups in total. The third-order valence-corrected chi connectivity index (χ3v) is 6.57. The number of pyridine rings is 1. The molecule has 2 heterocycles. The van der Waals surface area contributed by atoms with Crippen LogP contribution in [-0.2, 0) is 4.74 Å². The van der Waals surface area contributed by atoms with Gasteiger partial charge in [-0.25, -0.2) is 14.0 Å². The van der Waals surface area contributed by atoms with E-state index in [9.17, 15) is 19.5 Å². The zero-order valence-electron chi connectivity index (χ0n) is 20.7. The molecule has 35 heavy (non-hydrogen) atoms. The fourth-order valence-electron chi connectivity index (χ4n) is 4.73. The number of aromatic nitrogens is 1. The van der Waals surface area contributed by atoms with Gasteiger partial charge in [0.2, 0.25) is 5.43 Å². The van der Waals surface area contributed by atoms with Crippen LogP contribution in [0, 0.1) is 11.7 Å². The number of hydrogen-bond donors (Lipinski definition) is 2. The maximum absolute atomic E-state index is 15.5. The lowest BCUT2D eigenvalue weighted by atomic mass is 10.0. The topological polar surface area (TPSA) is 110 Å². The Hall–Kier alpha value is -3.30. The number of carbonyl (C=O) groups excluding carboxylic acids is 1. The lowest BCUT2D eigenvalue weighted by Gasteiger charge is -2.27. The van der Waals surface area contributed by atoms with Gasteiger partial charge in [-0.3, -0.25) is 4.79 Å². The average Bonchev–Trinajstić information content (AvgIpc) is 3.47. The molecule has 1 saturated heterocycles. The summed E-state index contributed by atoms with van der Waals surface area (Å²) in [5.41, 5.74) is -1.08. The number of benzene rings is 1. The smallest absolute Gasteiger partial charge is 0.407 e. The molecule has 1 aliphatic carbocycles. The zero-order valence-corrected chi connectivity index (χ0v) is 20.7. The van der Waals surface area contributed by atoms with Crippen LogP contribution in [0.5, 0.6) is 5.75 Å². The number of nitrogens with zero attached hydrogens (tertiary/aromatic N) is 2. The first kappa shape index (κ1) is 24.8. The van der Waals surface area contributed by atoms with Crippen molar-refractivity contribution in [1.82, 2.24) is 9.88 Å². The second-order valence-corrected chi connectivity index (χ2v) is 10.4. The number of ether oxygens (including phenoxy) is 2. The molecule has 4 rings (SSSR count). The summed E-state index contributed by atoms with van der Waals surface area (Å²) in [5, 5.41) is 12.4. The van der Waals surface area contributed by atoms with E-state index in [2.05, 4.69) is 5.32 Å². The quantitative estimate of drug-likeness (QED) is 0.633. The Kier molecular flexibility index (Phi) is 6.42. The van der Waals surface area contributed by atoms with Crippen LogP contribution in [0.2, 0.25) is 0 Å². The fourth-order valence-corrected chi connectivity index (χ4v) is 4.73. The molecule has 2 atom stereocenters. The lowest BCUT2D eigenvalue weighted by molar-refractivity contribution is 0.0494. The molecule has 1 amide bonds. The highest BCUT2D eigenvalue weighted by atomic mass is 19.1. The largest absolute Gasteiger partial charge is 0.492 e. The summed E-state index contributed by atoms with van der Waals surface area (Å²) >= 11 is 0. The number of carbonyl (C=O) groups is 2. The van der Waals surface area contributed by atoms with E-state index in [1.807, 2.05) is 11.8 Å². The molecule has 2 fully saturated rings. The van der Waals surface area contributed by atoms with Crippen molar-refractivity contribution in [2.45, 2.75) is 64.6 Å². The second-order valence-electron chi connectivity index (χ2n) is 10.4. The Bertz CT molecular complexity index is 1230. The van der Waals surface area contributed by atoms with Crippen LogP contribution in [-0.4, -0.2) is 53.6 Å². The number of fused-ring (bicyclic) bond motifs is 1. The third-order valence-electron chi connectivity index (χ3n) is 6.57. The standard InChI is InChI=1S/C25H32FN3O6/c1-13(27-24(33)35-25(2,3)4)14-8-9-28(11-14)20-18(26)10-16-19(22(20)34-5)29(15-6-7-15)12-17(21(16)30)23(31)32/h10,12-15H,6-9,11H2,1-5H3,(H,27,33)(H,31,32)/t13?,14-/m1/s1. The van der Waals surface area contributed by atoms with Crippen molar-refractivity contribution in [2.24, 2.45) is 5.92 Å². The van der Waals surface area contributed by atoms with Crippen molar-refractivity contribution in [1.29, 1.82) is 0 Å². The minimum atomic E-state index is -1.34. The van der Waals surface area contributed by atoms with Crippen molar-refractivity contribution in [3.05, 3.63) is 33.9 Å². The van der Waals surface area contributed by atoms with Crippen LogP contribution < -0.4 is 20.4 Å². The van der Waals surface area contributed by atoms with Crippen LogP contribution in [0.3, 0.4) is 0 Å². The number of anilines is 1. The molecule has 1 aliphatic heterocycles. The van der Waals surface area contributed by atoms with Crippen LogP contribution in [0.15, 0.2) is 17.1 Å². The monoisotopic (exact) mass is 489 g/mol. The summed E-state index contributed by atoms with van der Waals surface area (Å²) in [7, 11) is 1.42. The van der Waals surface area contributed by atoms with E-state index in [1.165, 1.54) is 13.3 Å². The predicted octanol–water partition coefficient (Wildman–Crippen LogP) is 3.92. The summed E-state index contributed by atoms with van der Waals surface area (Å²) in [6, 6.07) is 0.955. The molecular weight excluding hydrogens is 457 g/mol. The maximum Gasteiger partial charge on any atom is 0.407 e. The van der Waals surface area contributed by atoms with Gasteiger partial charge in [0.25, 0.3) is 0 Å². The van der Waals surface area contributed by atoms with E-state index < -0.39 is 28.9 Å². The number of carboxylic acid groups (broad SMARTS) is 1. The van der Waals surface area contributed by atoms with E-state index in [0.717, 1.165) is 18.9 Å². The van der Waals surface area contributed by atoms with Gasteiger partial charge >= 0.3 is 12.1 Å². The van der Waals surface area contributed by atoms with E-state index in [4.69, 9.17) is 9.47 Å². The van der Waals surface area contributed by atoms with Crippen molar-refractivity contribution >= 4 is 28.7 Å². The van der Waals surface area contributed by atoms with Crippen molar-refractivity contribution in [3.8, 4) is 5.75 Å². The number of halogens is 1. The maximum atomic E-state index is 15.5. The van der Waals surface area contributed by atoms with Crippen LogP contribution >= 0.6 is 0 Å². The third kappa shape index (κ3) is 4.92. The Balaban J connectivity index is 1.69. The number of methoxy groups -OCH3 is 1. The summed E-state index contributed by atoms with van der Waals surface area (Å²) < 4.78 is 28.2. The highest BCUT2D eigenvalue weighted by Crippen LogP contribution is 2.44. The SMILES string of the molecule is COc1c(N2CC[C@@H](C(C)NC(=O)OC(C)(C)C)C2)c(F)cc2c(=O)c(C(=O)O)cn(C3CC3)c12. The van der Waals surface area contributed by atoms with Gasteiger partial charge in [-0.05, 0) is 58.9 Å². The van der Waals surface area contributed by atoms with Gasteiger partial charge in [-0.2, -0.15) is 0 Å². The van der Waals surface area contributed by atoms with Gasteiger partial charge in [-0.1, -0.05) is 0 Å². The molecule has 1 aromatic carbocycles. The molecule has 0 radical (unpaired) electrons. The second kappa shape index (κ2) is 9.05. The summed E-state index contributed by atoms with van der Waals surface area (Å²) in [6.07, 6.45) is 3.24. The number of rotatable bonds is 6. The molecule has 1 saturated carbocycles. The molecule has 0 bridgehead atoms. The van der Waals surface area contributed by atoms with Gasteiger partial charge in [0, 0.05) is 31.4 Å². The lowest BCUT2D eigenvalue weighted by Crippen LogP contribution is -2.42. The molecule has 1 aromatic heterocycles. The normalized spacial score (nSPS) is 19.0. The van der Waals surface area contributed by atoms with Crippen molar-refractivity contribution in [2.75, 3.05) is 25.1 Å². The summed E-state index contributed by atoms with van der Waals surface area (Å²) in [6.45, 7) is 8.28. The first-order chi connectivity index (χ1) is 16.4. The number of hydrogen-bond acceptors (Lipinski definition) is 6. The van der Waals surface area contributed by atoms with Crippen LogP contribution in [0.25, 0.3) is 10.9 Å². The Morgan fingerprint density at radius 2 is 1.94 bits per heavy atom. The van der Waals surface area contributed by atoms with Crippen LogP contribution in [0.4, 0.5) is 14.9 Å².